The van der Waals surface area contributed by atoms with Crippen molar-refractivity contribution in [1.29, 1.82) is 0 Å². The van der Waals surface area contributed by atoms with Crippen LogP contribution in [0.25, 0.3) is 11.3 Å². The van der Waals surface area contributed by atoms with Crippen LogP contribution in [0.3, 0.4) is 0 Å². The SMILES string of the molecule is Cc1c(Cl)nc(CCC(F)(F)F)nc1-c1ccccc1. The fourth-order valence-corrected chi connectivity index (χ4v) is 1.96. The molecule has 106 valence electrons. The monoisotopic (exact) mass is 300 g/mol. The molecule has 0 fully saturated rings. The molecule has 0 bridgehead atoms. The molecule has 2 nitrogen and oxygen atoms in total. The maximum Gasteiger partial charge on any atom is 0.389 e. The predicted molar refractivity (Wildman–Crippen MR) is 71.6 cm³/mol. The predicted octanol–water partition coefficient (Wildman–Crippen LogP) is 4.60. The molecule has 0 atom stereocenters. The van der Waals surface area contributed by atoms with Crippen molar-refractivity contribution in [2.75, 3.05) is 0 Å². The van der Waals surface area contributed by atoms with Crippen LogP contribution in [0.1, 0.15) is 17.8 Å². The van der Waals surface area contributed by atoms with Crippen molar-refractivity contribution in [3.05, 3.63) is 46.9 Å². The number of rotatable bonds is 3. The van der Waals surface area contributed by atoms with E-state index in [4.69, 9.17) is 11.6 Å². The highest BCUT2D eigenvalue weighted by Crippen LogP contribution is 2.27. The first-order valence-electron chi connectivity index (χ1n) is 6.02. The van der Waals surface area contributed by atoms with E-state index in [2.05, 4.69) is 9.97 Å². The molecule has 0 aliphatic carbocycles. The maximum absolute atomic E-state index is 12.3. The summed E-state index contributed by atoms with van der Waals surface area (Å²) in [7, 11) is 0. The minimum atomic E-state index is -4.23. The van der Waals surface area contributed by atoms with Crippen LogP contribution in [0, 0.1) is 6.92 Å². The van der Waals surface area contributed by atoms with E-state index >= 15 is 0 Å². The molecule has 0 N–H and O–H groups in total. The lowest BCUT2D eigenvalue weighted by Crippen LogP contribution is -2.11. The molecule has 1 aromatic carbocycles. The average molecular weight is 301 g/mol. The third-order valence-corrected chi connectivity index (χ3v) is 3.18. The summed E-state index contributed by atoms with van der Waals surface area (Å²) in [5.41, 5.74) is 2.04. The molecule has 6 heteroatoms. The Kier molecular flexibility index (Phi) is 4.28. The topological polar surface area (TPSA) is 25.8 Å². The summed E-state index contributed by atoms with van der Waals surface area (Å²) in [4.78, 5) is 8.13. The number of aromatic nitrogens is 2. The Labute approximate surface area is 119 Å². The lowest BCUT2D eigenvalue weighted by molar-refractivity contribution is -0.134. The van der Waals surface area contributed by atoms with Crippen molar-refractivity contribution in [3.8, 4) is 11.3 Å². The van der Waals surface area contributed by atoms with Gasteiger partial charge in [0.1, 0.15) is 11.0 Å². The number of benzene rings is 1. The molecule has 0 unspecified atom stereocenters. The summed E-state index contributed by atoms with van der Waals surface area (Å²) in [5, 5.41) is 0.191. The molecule has 1 aromatic heterocycles. The van der Waals surface area contributed by atoms with Gasteiger partial charge in [0.2, 0.25) is 0 Å². The van der Waals surface area contributed by atoms with Crippen LogP contribution in [-0.4, -0.2) is 16.1 Å². The van der Waals surface area contributed by atoms with Gasteiger partial charge in [-0.3, -0.25) is 0 Å². The fourth-order valence-electron chi connectivity index (χ4n) is 1.78. The first-order valence-corrected chi connectivity index (χ1v) is 6.40. The van der Waals surface area contributed by atoms with Gasteiger partial charge >= 0.3 is 6.18 Å². The Morgan fingerprint density at radius 3 is 2.35 bits per heavy atom. The van der Waals surface area contributed by atoms with E-state index in [0.29, 0.717) is 11.3 Å². The minimum absolute atomic E-state index is 0.108. The Morgan fingerprint density at radius 2 is 1.75 bits per heavy atom. The van der Waals surface area contributed by atoms with E-state index in [1.54, 1.807) is 6.92 Å². The first-order chi connectivity index (χ1) is 9.37. The smallest absolute Gasteiger partial charge is 0.233 e. The van der Waals surface area contributed by atoms with Crippen LogP contribution in [-0.2, 0) is 6.42 Å². The second kappa shape index (κ2) is 5.79. The molecule has 2 rings (SSSR count). The first kappa shape index (κ1) is 14.8. The molecular formula is C14H12ClF3N2. The minimum Gasteiger partial charge on any atom is -0.233 e. The highest BCUT2D eigenvalue weighted by molar-refractivity contribution is 6.30. The van der Waals surface area contributed by atoms with Gasteiger partial charge in [-0.2, -0.15) is 13.2 Å². The summed E-state index contributed by atoms with van der Waals surface area (Å²) in [6.07, 6.45) is -5.46. The standard InChI is InChI=1S/C14H12ClF3N2/c1-9-12(10-5-3-2-4-6-10)19-11(20-13(9)15)7-8-14(16,17)18/h2-6H,7-8H2,1H3. The third kappa shape index (κ3) is 3.70. The number of hydrogen-bond acceptors (Lipinski definition) is 2. The van der Waals surface area contributed by atoms with Crippen molar-refractivity contribution in [1.82, 2.24) is 9.97 Å². The normalized spacial score (nSPS) is 11.7. The summed E-state index contributed by atoms with van der Waals surface area (Å²) < 4.78 is 36.8. The molecule has 1 heterocycles. The van der Waals surface area contributed by atoms with Crippen LogP contribution in [0.15, 0.2) is 30.3 Å². The van der Waals surface area contributed by atoms with Crippen molar-refractivity contribution in [3.63, 3.8) is 0 Å². The van der Waals surface area contributed by atoms with E-state index in [1.807, 2.05) is 30.3 Å². The summed E-state index contributed by atoms with van der Waals surface area (Å²) in [6, 6.07) is 9.19. The molecule has 0 spiro atoms. The summed E-state index contributed by atoms with van der Waals surface area (Å²) >= 11 is 5.99. The van der Waals surface area contributed by atoms with Gasteiger partial charge in [-0.05, 0) is 6.92 Å². The zero-order valence-electron chi connectivity index (χ0n) is 10.7. The summed E-state index contributed by atoms with van der Waals surface area (Å²) in [5.74, 6) is 0.108. The Morgan fingerprint density at radius 1 is 1.10 bits per heavy atom. The second-order valence-corrected chi connectivity index (χ2v) is 4.74. The van der Waals surface area contributed by atoms with Crippen LogP contribution in [0.2, 0.25) is 5.15 Å². The van der Waals surface area contributed by atoms with E-state index in [1.165, 1.54) is 0 Å². The van der Waals surface area contributed by atoms with Crippen LogP contribution in [0.4, 0.5) is 13.2 Å². The van der Waals surface area contributed by atoms with Gasteiger partial charge in [-0.15, -0.1) is 0 Å². The van der Waals surface area contributed by atoms with Crippen LogP contribution < -0.4 is 0 Å². The molecule has 0 aliphatic heterocycles. The molecule has 0 radical (unpaired) electrons. The van der Waals surface area contributed by atoms with E-state index in [-0.39, 0.29) is 17.4 Å². The van der Waals surface area contributed by atoms with E-state index in [0.717, 1.165) is 5.56 Å². The van der Waals surface area contributed by atoms with Crippen molar-refractivity contribution in [2.24, 2.45) is 0 Å². The second-order valence-electron chi connectivity index (χ2n) is 4.39. The van der Waals surface area contributed by atoms with Gasteiger partial charge in [0, 0.05) is 17.5 Å². The molecule has 2 aromatic rings. The number of halogens is 4. The highest BCUT2D eigenvalue weighted by atomic mass is 35.5. The maximum atomic E-state index is 12.3. The highest BCUT2D eigenvalue weighted by Gasteiger charge is 2.27. The lowest BCUT2D eigenvalue weighted by atomic mass is 10.1. The number of hydrogen-bond donors (Lipinski definition) is 0. The molecule has 0 amide bonds. The van der Waals surface area contributed by atoms with Crippen molar-refractivity contribution in [2.45, 2.75) is 25.9 Å². The van der Waals surface area contributed by atoms with Crippen LogP contribution >= 0.6 is 11.6 Å². The van der Waals surface area contributed by atoms with Gasteiger partial charge < -0.3 is 0 Å². The molecule has 0 saturated carbocycles. The molecule has 0 aliphatic rings. The van der Waals surface area contributed by atoms with E-state index < -0.39 is 12.6 Å². The Bertz CT molecular complexity index is 597. The Balaban J connectivity index is 2.35. The van der Waals surface area contributed by atoms with Crippen molar-refractivity contribution < 1.29 is 13.2 Å². The van der Waals surface area contributed by atoms with Crippen LogP contribution in [0.5, 0.6) is 0 Å². The van der Waals surface area contributed by atoms with E-state index in [9.17, 15) is 13.2 Å². The van der Waals surface area contributed by atoms with Crippen molar-refractivity contribution >= 4 is 11.6 Å². The van der Waals surface area contributed by atoms with Gasteiger partial charge in [0.15, 0.2) is 0 Å². The van der Waals surface area contributed by atoms with Gasteiger partial charge in [0.25, 0.3) is 0 Å². The number of aryl methyl sites for hydroxylation is 1. The van der Waals surface area contributed by atoms with Gasteiger partial charge in [-0.1, -0.05) is 41.9 Å². The molecule has 0 saturated heterocycles. The zero-order chi connectivity index (χ0) is 14.8. The molecular weight excluding hydrogens is 289 g/mol. The fraction of sp³-hybridized carbons (Fsp3) is 0.286. The quantitative estimate of drug-likeness (QED) is 0.774. The molecule has 20 heavy (non-hydrogen) atoms. The number of nitrogens with zero attached hydrogens (tertiary/aromatic N) is 2. The average Bonchev–Trinajstić information content (AvgIpc) is 2.40. The lowest BCUT2D eigenvalue weighted by Gasteiger charge is -2.10. The summed E-state index contributed by atoms with van der Waals surface area (Å²) in [6.45, 7) is 1.75. The Hall–Kier alpha value is -1.62. The zero-order valence-corrected chi connectivity index (χ0v) is 11.5. The van der Waals surface area contributed by atoms with Gasteiger partial charge in [0.05, 0.1) is 12.1 Å². The third-order valence-electron chi connectivity index (χ3n) is 2.81. The number of alkyl halides is 3. The van der Waals surface area contributed by atoms with Gasteiger partial charge in [-0.25, -0.2) is 9.97 Å². The largest absolute Gasteiger partial charge is 0.389 e.